The SMILES string of the molecule is C=CC(=O)C(O)C[N+](C)(C)CCCCCCCC.[Cl-]. The van der Waals surface area contributed by atoms with Gasteiger partial charge in [0.05, 0.1) is 20.6 Å². The number of halogens is 1. The molecule has 0 aromatic carbocycles. The molecule has 0 aliphatic rings. The summed E-state index contributed by atoms with van der Waals surface area (Å²) < 4.78 is 0.689. The Balaban J connectivity index is 0. The molecule has 0 spiro atoms. The van der Waals surface area contributed by atoms with Crippen LogP contribution in [-0.2, 0) is 4.79 Å². The molecule has 0 rings (SSSR count). The third kappa shape index (κ3) is 11.2. The molecule has 3 nitrogen and oxygen atoms in total. The summed E-state index contributed by atoms with van der Waals surface area (Å²) in [5, 5.41) is 9.69. The maximum atomic E-state index is 11.3. The molecule has 1 N–H and O–H groups in total. The highest BCUT2D eigenvalue weighted by molar-refractivity contribution is 5.92. The Kier molecular flexibility index (Phi) is 12.6. The lowest BCUT2D eigenvalue weighted by atomic mass is 10.1. The number of nitrogens with zero attached hydrogens (tertiary/aromatic N) is 1. The van der Waals surface area contributed by atoms with Crippen molar-refractivity contribution < 1.29 is 26.8 Å². The topological polar surface area (TPSA) is 37.3 Å². The molecule has 0 heterocycles. The summed E-state index contributed by atoms with van der Waals surface area (Å²) in [6.45, 7) is 7.10. The van der Waals surface area contributed by atoms with Gasteiger partial charge in [0.1, 0.15) is 6.54 Å². The lowest BCUT2D eigenvalue weighted by Crippen LogP contribution is -3.00. The smallest absolute Gasteiger partial charge is 0.189 e. The first-order chi connectivity index (χ1) is 8.43. The van der Waals surface area contributed by atoms with E-state index in [0.29, 0.717) is 11.0 Å². The molecular weight excluding hydrogens is 262 g/mol. The van der Waals surface area contributed by atoms with E-state index in [1.54, 1.807) is 0 Å². The van der Waals surface area contributed by atoms with Crippen LogP contribution in [0.1, 0.15) is 45.4 Å². The molecule has 0 aromatic heterocycles. The van der Waals surface area contributed by atoms with Crippen LogP contribution >= 0.6 is 0 Å². The van der Waals surface area contributed by atoms with Gasteiger partial charge in [-0.05, 0) is 18.9 Å². The second-order valence-corrected chi connectivity index (χ2v) is 5.73. The molecule has 0 aliphatic heterocycles. The lowest BCUT2D eigenvalue weighted by Gasteiger charge is -2.31. The molecule has 4 heteroatoms. The van der Waals surface area contributed by atoms with E-state index in [1.165, 1.54) is 38.2 Å². The third-order valence-corrected chi connectivity index (χ3v) is 3.31. The summed E-state index contributed by atoms with van der Waals surface area (Å²) in [7, 11) is 4.12. The molecule has 0 radical (unpaired) electrons. The van der Waals surface area contributed by atoms with Crippen molar-refractivity contribution in [1.82, 2.24) is 0 Å². The van der Waals surface area contributed by atoms with Gasteiger partial charge >= 0.3 is 0 Å². The molecule has 0 saturated carbocycles. The number of carbonyl (C=O) groups excluding carboxylic acids is 1. The van der Waals surface area contributed by atoms with Crippen molar-refractivity contribution >= 4 is 5.78 Å². The first-order valence-electron chi connectivity index (χ1n) is 7.09. The zero-order valence-corrected chi connectivity index (χ0v) is 13.5. The summed E-state index contributed by atoms with van der Waals surface area (Å²) in [5.41, 5.74) is 0. The standard InChI is InChI=1S/C15H30NO2.ClH/c1-5-7-8-9-10-11-12-16(3,4)13-15(18)14(17)6-2;/h6,15,18H,2,5,7-13H2,1,3-4H3;1H/q+1;/p-1. The highest BCUT2D eigenvalue weighted by Crippen LogP contribution is 2.09. The Bertz CT molecular complexity index is 255. The fourth-order valence-corrected chi connectivity index (χ4v) is 2.11. The number of hydrogen-bond acceptors (Lipinski definition) is 2. The van der Waals surface area contributed by atoms with E-state index in [-0.39, 0.29) is 18.2 Å². The van der Waals surface area contributed by atoms with Crippen LogP contribution in [0, 0.1) is 0 Å². The van der Waals surface area contributed by atoms with E-state index in [4.69, 9.17) is 0 Å². The van der Waals surface area contributed by atoms with Gasteiger partial charge in [-0.15, -0.1) is 0 Å². The monoisotopic (exact) mass is 291 g/mol. The molecule has 0 fully saturated rings. The number of ketones is 1. The third-order valence-electron chi connectivity index (χ3n) is 3.31. The molecule has 114 valence electrons. The second kappa shape index (κ2) is 11.4. The van der Waals surface area contributed by atoms with Gasteiger partial charge in [-0.1, -0.05) is 39.2 Å². The van der Waals surface area contributed by atoms with Gasteiger partial charge < -0.3 is 22.0 Å². The van der Waals surface area contributed by atoms with Gasteiger partial charge in [0, 0.05) is 0 Å². The molecule has 19 heavy (non-hydrogen) atoms. The van der Waals surface area contributed by atoms with Crippen molar-refractivity contribution in [1.29, 1.82) is 0 Å². The van der Waals surface area contributed by atoms with Crippen molar-refractivity contribution in [3.05, 3.63) is 12.7 Å². The van der Waals surface area contributed by atoms with E-state index in [9.17, 15) is 9.90 Å². The molecule has 0 bridgehead atoms. The van der Waals surface area contributed by atoms with Crippen LogP contribution < -0.4 is 12.4 Å². The zero-order chi connectivity index (χ0) is 14.0. The minimum atomic E-state index is -0.905. The lowest BCUT2D eigenvalue weighted by molar-refractivity contribution is -0.892. The Hall–Kier alpha value is -0.380. The second-order valence-electron chi connectivity index (χ2n) is 5.73. The van der Waals surface area contributed by atoms with Gasteiger partial charge in [-0.3, -0.25) is 4.79 Å². The average molecular weight is 292 g/mol. The summed E-state index contributed by atoms with van der Waals surface area (Å²) in [4.78, 5) is 11.3. The maximum Gasteiger partial charge on any atom is 0.189 e. The molecule has 0 aromatic rings. The van der Waals surface area contributed by atoms with Crippen molar-refractivity contribution in [2.75, 3.05) is 27.2 Å². The zero-order valence-electron chi connectivity index (χ0n) is 12.7. The number of aliphatic hydroxyl groups is 1. The number of hydrogen-bond donors (Lipinski definition) is 1. The van der Waals surface area contributed by atoms with Crippen molar-refractivity contribution in [2.24, 2.45) is 0 Å². The van der Waals surface area contributed by atoms with Gasteiger partial charge in [0.2, 0.25) is 0 Å². The van der Waals surface area contributed by atoms with Gasteiger partial charge in [0.25, 0.3) is 0 Å². The number of likely N-dealkylation sites (N-methyl/N-ethyl adjacent to an activating group) is 1. The number of quaternary nitrogens is 1. The Morgan fingerprint density at radius 3 is 2.26 bits per heavy atom. The largest absolute Gasteiger partial charge is 1.00 e. The van der Waals surface area contributed by atoms with E-state index >= 15 is 0 Å². The van der Waals surface area contributed by atoms with Crippen molar-refractivity contribution in [3.8, 4) is 0 Å². The molecule has 0 amide bonds. The van der Waals surface area contributed by atoms with Crippen LogP contribution in [0.25, 0.3) is 0 Å². The summed E-state index contributed by atoms with van der Waals surface area (Å²) in [6.07, 6.45) is 7.91. The van der Waals surface area contributed by atoms with E-state index in [0.717, 1.165) is 13.0 Å². The molecular formula is C15H30ClNO2. The van der Waals surface area contributed by atoms with Gasteiger partial charge in [-0.2, -0.15) is 0 Å². The Labute approximate surface area is 124 Å². The molecule has 1 unspecified atom stereocenters. The van der Waals surface area contributed by atoms with Crippen LogP contribution in [0.2, 0.25) is 0 Å². The highest BCUT2D eigenvalue weighted by Gasteiger charge is 2.23. The van der Waals surface area contributed by atoms with Crippen molar-refractivity contribution in [2.45, 2.75) is 51.6 Å². The first kappa shape index (κ1) is 20.9. The quantitative estimate of drug-likeness (QED) is 0.318. The fraction of sp³-hybridized carbons (Fsp3) is 0.800. The molecule has 0 saturated heterocycles. The Morgan fingerprint density at radius 1 is 1.21 bits per heavy atom. The predicted molar refractivity (Wildman–Crippen MR) is 76.4 cm³/mol. The van der Waals surface area contributed by atoms with Crippen LogP contribution in [0.4, 0.5) is 0 Å². The maximum absolute atomic E-state index is 11.3. The summed E-state index contributed by atoms with van der Waals surface area (Å²) >= 11 is 0. The predicted octanol–water partition coefficient (Wildman–Crippen LogP) is -0.457. The number of carbonyl (C=O) groups is 1. The van der Waals surface area contributed by atoms with Crippen molar-refractivity contribution in [3.63, 3.8) is 0 Å². The fourth-order valence-electron chi connectivity index (χ4n) is 2.11. The minimum Gasteiger partial charge on any atom is -1.00 e. The number of rotatable bonds is 11. The molecule has 0 aliphatic carbocycles. The summed E-state index contributed by atoms with van der Waals surface area (Å²) in [5.74, 6) is -0.274. The highest BCUT2D eigenvalue weighted by atomic mass is 35.5. The van der Waals surface area contributed by atoms with Crippen LogP contribution in [0.15, 0.2) is 12.7 Å². The van der Waals surface area contributed by atoms with Crippen LogP contribution in [-0.4, -0.2) is 48.7 Å². The van der Waals surface area contributed by atoms with Gasteiger partial charge in [-0.25, -0.2) is 0 Å². The van der Waals surface area contributed by atoms with E-state index in [2.05, 4.69) is 27.6 Å². The Morgan fingerprint density at radius 2 is 1.74 bits per heavy atom. The average Bonchev–Trinajstić information content (AvgIpc) is 2.31. The molecule has 1 atom stereocenters. The van der Waals surface area contributed by atoms with E-state index in [1.807, 2.05) is 0 Å². The minimum absolute atomic E-state index is 0. The van der Waals surface area contributed by atoms with Crippen LogP contribution in [0.3, 0.4) is 0 Å². The number of unbranched alkanes of at least 4 members (excludes halogenated alkanes) is 5. The van der Waals surface area contributed by atoms with E-state index < -0.39 is 6.10 Å². The summed E-state index contributed by atoms with van der Waals surface area (Å²) in [6, 6.07) is 0. The number of aliphatic hydroxyl groups excluding tert-OH is 1. The normalized spacial score (nSPS) is 12.6. The van der Waals surface area contributed by atoms with Gasteiger partial charge in [0.15, 0.2) is 11.9 Å². The van der Waals surface area contributed by atoms with Crippen LogP contribution in [0.5, 0.6) is 0 Å². The first-order valence-corrected chi connectivity index (χ1v) is 7.09.